The van der Waals surface area contributed by atoms with Crippen LogP contribution in [0.25, 0.3) is 0 Å². The molecule has 0 aromatic heterocycles. The summed E-state index contributed by atoms with van der Waals surface area (Å²) in [4.78, 5) is 51.9. The second-order valence-corrected chi connectivity index (χ2v) is 13.3. The zero-order valence-corrected chi connectivity index (χ0v) is 31.6. The van der Waals surface area contributed by atoms with Gasteiger partial charge >= 0.3 is 5.97 Å². The summed E-state index contributed by atoms with van der Waals surface area (Å²) in [5.74, 6) is -0.189. The Bertz CT molecular complexity index is 2390. The molecule has 7 aromatic carbocycles. The normalized spacial score (nSPS) is 10.6. The summed E-state index contributed by atoms with van der Waals surface area (Å²) < 4.78 is 24.1. The van der Waals surface area contributed by atoms with Crippen LogP contribution < -0.4 is 14.2 Å². The van der Waals surface area contributed by atoms with Crippen LogP contribution in [-0.4, -0.2) is 30.4 Å². The number of rotatable bonds is 16. The lowest BCUT2D eigenvalue weighted by atomic mass is 10.0. The molecule has 0 saturated heterocycles. The highest BCUT2D eigenvalue weighted by molar-refractivity contribution is 6.10. The molecular weight excluding hydrogens is 729 g/mol. The van der Waals surface area contributed by atoms with Crippen molar-refractivity contribution in [1.29, 1.82) is 0 Å². The van der Waals surface area contributed by atoms with Gasteiger partial charge in [-0.15, -0.1) is 0 Å². The second-order valence-electron chi connectivity index (χ2n) is 13.3. The molecule has 58 heavy (non-hydrogen) atoms. The molecule has 0 fully saturated rings. The maximum absolute atomic E-state index is 13.0. The van der Waals surface area contributed by atoms with Gasteiger partial charge in [-0.05, 0) is 28.8 Å². The summed E-state index contributed by atoms with van der Waals surface area (Å²) in [6.07, 6.45) is 0. The Balaban J connectivity index is 1.14. The Kier molecular flexibility index (Phi) is 12.3. The lowest BCUT2D eigenvalue weighted by Crippen LogP contribution is -2.08. The molecular formula is C50H38O8. The van der Waals surface area contributed by atoms with Crippen LogP contribution in [0, 0.1) is 0 Å². The van der Waals surface area contributed by atoms with Crippen molar-refractivity contribution >= 4 is 23.3 Å². The van der Waals surface area contributed by atoms with Gasteiger partial charge < -0.3 is 18.9 Å². The highest BCUT2D eigenvalue weighted by Gasteiger charge is 2.21. The average molecular weight is 767 g/mol. The average Bonchev–Trinajstić information content (AvgIpc) is 3.30. The summed E-state index contributed by atoms with van der Waals surface area (Å²) in [7, 11) is 1.29. The lowest BCUT2D eigenvalue weighted by Gasteiger charge is -2.19. The van der Waals surface area contributed by atoms with Crippen molar-refractivity contribution in [2.75, 3.05) is 7.11 Å². The molecule has 8 heteroatoms. The molecule has 0 bridgehead atoms. The molecule has 0 aliphatic rings. The van der Waals surface area contributed by atoms with Crippen molar-refractivity contribution in [2.45, 2.75) is 19.8 Å². The zero-order chi connectivity index (χ0) is 40.3. The Morgan fingerprint density at radius 1 is 0.362 bits per heavy atom. The first kappa shape index (κ1) is 38.7. The summed E-state index contributed by atoms with van der Waals surface area (Å²) in [6.45, 7) is 0.234. The molecule has 7 rings (SSSR count). The minimum atomic E-state index is -0.604. The van der Waals surface area contributed by atoms with Gasteiger partial charge in [0.15, 0.2) is 28.8 Å². The molecule has 0 unspecified atom stereocenters. The molecule has 0 saturated carbocycles. The van der Waals surface area contributed by atoms with E-state index in [1.807, 2.05) is 91.0 Å². The fourth-order valence-electron chi connectivity index (χ4n) is 6.17. The minimum absolute atomic E-state index is 0.0768. The van der Waals surface area contributed by atoms with Crippen LogP contribution in [0.3, 0.4) is 0 Å². The van der Waals surface area contributed by atoms with Crippen LogP contribution in [-0.2, 0) is 24.6 Å². The second kappa shape index (κ2) is 18.4. The maximum Gasteiger partial charge on any atom is 0.338 e. The lowest BCUT2D eigenvalue weighted by molar-refractivity contribution is 0.0599. The SMILES string of the molecule is COC(=O)c1cc(OCc2ccc(C(=O)c3ccccc3)cc2)c(OCc2ccc(C(=O)c3ccccc3)cc2)c(OCc2ccc(C(=O)c3ccccc3)cc2)c1. The van der Waals surface area contributed by atoms with Crippen molar-refractivity contribution in [3.63, 3.8) is 0 Å². The van der Waals surface area contributed by atoms with Crippen molar-refractivity contribution in [1.82, 2.24) is 0 Å². The monoisotopic (exact) mass is 766 g/mol. The summed E-state index contributed by atoms with van der Waals surface area (Å²) >= 11 is 0. The molecule has 0 aliphatic heterocycles. The van der Waals surface area contributed by atoms with E-state index in [9.17, 15) is 19.2 Å². The highest BCUT2D eigenvalue weighted by atomic mass is 16.5. The van der Waals surface area contributed by atoms with E-state index in [0.29, 0.717) is 33.4 Å². The molecule has 7 aromatic rings. The van der Waals surface area contributed by atoms with Crippen molar-refractivity contribution in [3.8, 4) is 17.2 Å². The third kappa shape index (κ3) is 9.44. The maximum atomic E-state index is 13.0. The quantitative estimate of drug-likeness (QED) is 0.0707. The van der Waals surface area contributed by atoms with Gasteiger partial charge in [0.2, 0.25) is 5.75 Å². The standard InChI is InChI=1S/C50H38O8/c1-55-50(54)43-29-44(56-31-34-17-23-40(24-18-34)46(51)37-11-5-2-6-12-37)49(58-33-36-21-27-42(28-22-36)48(53)39-15-9-4-10-16-39)45(30-43)57-32-35-19-25-41(26-20-35)47(52)38-13-7-3-8-14-38/h2-30H,31-33H2,1H3. The summed E-state index contributed by atoms with van der Waals surface area (Å²) in [6, 6.07) is 51.6. The van der Waals surface area contributed by atoms with Gasteiger partial charge in [0.1, 0.15) is 19.8 Å². The smallest absolute Gasteiger partial charge is 0.338 e. The van der Waals surface area contributed by atoms with Gasteiger partial charge in [-0.25, -0.2) is 4.79 Å². The van der Waals surface area contributed by atoms with E-state index >= 15 is 0 Å². The first-order chi connectivity index (χ1) is 28.4. The number of ketones is 3. The Morgan fingerprint density at radius 2 is 0.655 bits per heavy atom. The molecule has 286 valence electrons. The molecule has 0 amide bonds. The minimum Gasteiger partial charge on any atom is -0.485 e. The topological polar surface area (TPSA) is 105 Å². The third-order valence-electron chi connectivity index (χ3n) is 9.37. The summed E-state index contributed by atoms with van der Waals surface area (Å²) in [5.41, 5.74) is 5.88. The molecule has 8 nitrogen and oxygen atoms in total. The van der Waals surface area contributed by atoms with E-state index < -0.39 is 5.97 Å². The van der Waals surface area contributed by atoms with Gasteiger partial charge in [0.25, 0.3) is 0 Å². The predicted molar refractivity (Wildman–Crippen MR) is 220 cm³/mol. The number of benzene rings is 7. The fraction of sp³-hybridized carbons (Fsp3) is 0.0800. The van der Waals surface area contributed by atoms with Crippen LogP contribution in [0.5, 0.6) is 17.2 Å². The van der Waals surface area contributed by atoms with Crippen LogP contribution in [0.2, 0.25) is 0 Å². The predicted octanol–water partition coefficient (Wildman–Crippen LogP) is 9.90. The van der Waals surface area contributed by atoms with Gasteiger partial charge in [-0.1, -0.05) is 164 Å². The largest absolute Gasteiger partial charge is 0.485 e. The zero-order valence-electron chi connectivity index (χ0n) is 31.6. The van der Waals surface area contributed by atoms with E-state index in [2.05, 4.69) is 0 Å². The van der Waals surface area contributed by atoms with E-state index in [-0.39, 0.29) is 60.0 Å². The molecule has 0 atom stereocenters. The van der Waals surface area contributed by atoms with E-state index in [0.717, 1.165) is 16.7 Å². The fourth-order valence-corrected chi connectivity index (χ4v) is 6.17. The Hall–Kier alpha value is -7.58. The van der Waals surface area contributed by atoms with Gasteiger partial charge in [0, 0.05) is 33.4 Å². The molecule has 0 radical (unpaired) electrons. The van der Waals surface area contributed by atoms with E-state index in [4.69, 9.17) is 18.9 Å². The number of carbonyl (C=O) groups excluding carboxylic acids is 4. The highest BCUT2D eigenvalue weighted by Crippen LogP contribution is 2.41. The Morgan fingerprint density at radius 3 is 0.966 bits per heavy atom. The molecule has 0 heterocycles. The van der Waals surface area contributed by atoms with Crippen molar-refractivity contribution < 1.29 is 38.1 Å². The first-order valence-corrected chi connectivity index (χ1v) is 18.6. The van der Waals surface area contributed by atoms with Crippen LogP contribution in [0.4, 0.5) is 0 Å². The van der Waals surface area contributed by atoms with Crippen molar-refractivity contribution in [3.05, 3.63) is 232 Å². The molecule has 0 N–H and O–H groups in total. The van der Waals surface area contributed by atoms with Crippen LogP contribution in [0.15, 0.2) is 176 Å². The number of hydrogen-bond acceptors (Lipinski definition) is 8. The van der Waals surface area contributed by atoms with Crippen LogP contribution >= 0.6 is 0 Å². The number of ether oxygens (including phenoxy) is 4. The third-order valence-corrected chi connectivity index (χ3v) is 9.37. The van der Waals surface area contributed by atoms with Gasteiger partial charge in [0.05, 0.1) is 12.7 Å². The van der Waals surface area contributed by atoms with E-state index in [1.54, 1.807) is 72.8 Å². The molecule has 0 spiro atoms. The van der Waals surface area contributed by atoms with E-state index in [1.165, 1.54) is 19.2 Å². The number of hydrogen-bond donors (Lipinski definition) is 0. The number of methoxy groups -OCH3 is 1. The van der Waals surface area contributed by atoms with Gasteiger partial charge in [-0.2, -0.15) is 0 Å². The summed E-state index contributed by atoms with van der Waals surface area (Å²) in [5, 5.41) is 0. The first-order valence-electron chi connectivity index (χ1n) is 18.6. The molecule has 0 aliphatic carbocycles. The number of carbonyl (C=O) groups is 4. The van der Waals surface area contributed by atoms with Crippen LogP contribution in [0.1, 0.15) is 74.8 Å². The van der Waals surface area contributed by atoms with Crippen molar-refractivity contribution in [2.24, 2.45) is 0 Å². The number of esters is 1. The van der Waals surface area contributed by atoms with Gasteiger partial charge in [-0.3, -0.25) is 14.4 Å². The Labute approximate surface area is 336 Å².